The van der Waals surface area contributed by atoms with Crippen molar-refractivity contribution in [2.24, 2.45) is 14.1 Å². The van der Waals surface area contributed by atoms with Crippen LogP contribution in [-0.4, -0.2) is 23.4 Å². The standard InChI is InChI=1S/C25H26N2O2S2/c1-6-7-17-24-23(30-21-12-15(28-4)9-11-19(21)27(24)3)14-20-25(17)31-22-13-16(29-5)8-10-18(22)26(20)2/h8-14H,6-7H2,1-5H3. The zero-order valence-corrected chi connectivity index (χ0v) is 20.1. The fourth-order valence-electron chi connectivity index (χ4n) is 4.40. The van der Waals surface area contributed by atoms with Crippen LogP contribution in [0, 0.1) is 0 Å². The number of aryl methyl sites for hydroxylation is 3. The van der Waals surface area contributed by atoms with Gasteiger partial charge in [-0.2, -0.15) is 0 Å². The average molecular weight is 451 g/mol. The lowest BCUT2D eigenvalue weighted by molar-refractivity contribution is 0.415. The van der Waals surface area contributed by atoms with Crippen LogP contribution in [0.4, 0.5) is 0 Å². The van der Waals surface area contributed by atoms with Crippen LogP contribution in [0.1, 0.15) is 18.9 Å². The fraction of sp³-hybridized carbons (Fsp3) is 0.280. The zero-order valence-electron chi connectivity index (χ0n) is 18.5. The largest absolute Gasteiger partial charge is 0.497 e. The predicted octanol–water partition coefficient (Wildman–Crippen LogP) is 7.19. The van der Waals surface area contributed by atoms with Crippen molar-refractivity contribution in [3.63, 3.8) is 0 Å². The van der Waals surface area contributed by atoms with Crippen LogP contribution in [-0.2, 0) is 20.5 Å². The molecule has 6 heteroatoms. The highest BCUT2D eigenvalue weighted by molar-refractivity contribution is 7.26. The van der Waals surface area contributed by atoms with Gasteiger partial charge in [0.05, 0.1) is 55.1 Å². The van der Waals surface area contributed by atoms with Crippen molar-refractivity contribution in [1.29, 1.82) is 0 Å². The molecule has 3 aromatic carbocycles. The molecule has 0 N–H and O–H groups in total. The average Bonchev–Trinajstić information content (AvgIpc) is 2.79. The molecular formula is C25H26N2O2S2. The molecule has 2 aromatic heterocycles. The number of methoxy groups -OCH3 is 2. The molecule has 2 heterocycles. The molecule has 0 unspecified atom stereocenters. The van der Waals surface area contributed by atoms with E-state index >= 15 is 0 Å². The molecule has 0 spiro atoms. The molecule has 0 saturated carbocycles. The molecule has 0 atom stereocenters. The van der Waals surface area contributed by atoms with Crippen LogP contribution >= 0.6 is 22.7 Å². The van der Waals surface area contributed by atoms with Crippen LogP contribution in [0.2, 0.25) is 0 Å². The number of benzene rings is 3. The van der Waals surface area contributed by atoms with Crippen LogP contribution in [0.25, 0.3) is 40.9 Å². The maximum absolute atomic E-state index is 5.49. The third-order valence-electron chi connectivity index (χ3n) is 5.98. The van der Waals surface area contributed by atoms with Crippen molar-refractivity contribution in [3.8, 4) is 11.5 Å². The summed E-state index contributed by atoms with van der Waals surface area (Å²) in [5.74, 6) is 1.79. The van der Waals surface area contributed by atoms with Gasteiger partial charge < -0.3 is 18.6 Å². The molecule has 31 heavy (non-hydrogen) atoms. The minimum atomic E-state index is 0.894. The van der Waals surface area contributed by atoms with E-state index in [1.165, 1.54) is 46.4 Å². The molecule has 0 bridgehead atoms. The molecule has 0 radical (unpaired) electrons. The first-order valence-corrected chi connectivity index (χ1v) is 12.1. The highest BCUT2D eigenvalue weighted by atomic mass is 32.1. The molecule has 0 aliphatic heterocycles. The SMILES string of the molecule is CCCc1c2sc3cc(OC)ccc3n(C)c2cc2sc3cc(OC)ccc3n(C)c12. The highest BCUT2D eigenvalue weighted by Gasteiger charge is 2.16. The van der Waals surface area contributed by atoms with E-state index in [2.05, 4.69) is 60.5 Å². The second kappa shape index (κ2) is 7.77. The summed E-state index contributed by atoms with van der Waals surface area (Å²) in [4.78, 5) is 0. The first kappa shape index (κ1) is 20.2. The Balaban J connectivity index is 1.97. The molecule has 0 aliphatic carbocycles. The maximum atomic E-state index is 5.49. The molecule has 4 nitrogen and oxygen atoms in total. The minimum Gasteiger partial charge on any atom is -0.497 e. The quantitative estimate of drug-likeness (QED) is 0.271. The Bertz CT molecular complexity index is 1500. The van der Waals surface area contributed by atoms with Crippen molar-refractivity contribution in [1.82, 2.24) is 9.13 Å². The van der Waals surface area contributed by atoms with Crippen LogP contribution in [0.15, 0.2) is 42.5 Å². The van der Waals surface area contributed by atoms with Crippen molar-refractivity contribution in [3.05, 3.63) is 48.0 Å². The Morgan fingerprint density at radius 1 is 0.742 bits per heavy atom. The lowest BCUT2D eigenvalue weighted by Gasteiger charge is -2.19. The van der Waals surface area contributed by atoms with Gasteiger partial charge in [0.1, 0.15) is 11.5 Å². The van der Waals surface area contributed by atoms with E-state index in [1.54, 1.807) is 14.2 Å². The van der Waals surface area contributed by atoms with Crippen molar-refractivity contribution < 1.29 is 9.47 Å². The van der Waals surface area contributed by atoms with E-state index in [9.17, 15) is 0 Å². The van der Waals surface area contributed by atoms with Crippen molar-refractivity contribution >= 4 is 63.5 Å². The van der Waals surface area contributed by atoms with Gasteiger partial charge in [-0.05, 0) is 54.4 Å². The molecule has 5 rings (SSSR count). The Morgan fingerprint density at radius 3 is 1.97 bits per heavy atom. The molecular weight excluding hydrogens is 424 g/mol. The third-order valence-corrected chi connectivity index (χ3v) is 8.26. The van der Waals surface area contributed by atoms with E-state index < -0.39 is 0 Å². The molecule has 5 aromatic rings. The van der Waals surface area contributed by atoms with Gasteiger partial charge in [0.15, 0.2) is 0 Å². The summed E-state index contributed by atoms with van der Waals surface area (Å²) < 4.78 is 20.8. The zero-order chi connectivity index (χ0) is 21.7. The summed E-state index contributed by atoms with van der Waals surface area (Å²) >= 11 is 3.71. The Morgan fingerprint density at radius 2 is 1.35 bits per heavy atom. The van der Waals surface area contributed by atoms with Gasteiger partial charge >= 0.3 is 0 Å². The molecule has 0 aliphatic rings. The number of rotatable bonds is 4. The fourth-order valence-corrected chi connectivity index (χ4v) is 6.97. The monoisotopic (exact) mass is 450 g/mol. The van der Waals surface area contributed by atoms with E-state index in [1.807, 2.05) is 34.8 Å². The van der Waals surface area contributed by atoms with E-state index in [-0.39, 0.29) is 0 Å². The molecule has 0 fully saturated rings. The van der Waals surface area contributed by atoms with Crippen molar-refractivity contribution in [2.75, 3.05) is 14.2 Å². The number of aromatic nitrogens is 2. The van der Waals surface area contributed by atoms with Gasteiger partial charge in [-0.25, -0.2) is 0 Å². The van der Waals surface area contributed by atoms with E-state index in [0.29, 0.717) is 0 Å². The van der Waals surface area contributed by atoms with Crippen LogP contribution < -0.4 is 9.47 Å². The highest BCUT2D eigenvalue weighted by Crippen LogP contribution is 2.40. The third kappa shape index (κ3) is 3.17. The van der Waals surface area contributed by atoms with Crippen LogP contribution in [0.3, 0.4) is 0 Å². The number of hydrogen-bond donors (Lipinski definition) is 0. The summed E-state index contributed by atoms with van der Waals surface area (Å²) in [5.41, 5.74) is 6.48. The topological polar surface area (TPSA) is 28.3 Å². The number of fused-ring (bicyclic) bond motifs is 4. The second-order valence-corrected chi connectivity index (χ2v) is 9.93. The lowest BCUT2D eigenvalue weighted by atomic mass is 10.1. The summed E-state index contributed by atoms with van der Waals surface area (Å²) in [6.07, 6.45) is 2.15. The number of hydrogen-bond acceptors (Lipinski definition) is 4. The lowest BCUT2D eigenvalue weighted by Crippen LogP contribution is -2.03. The number of ether oxygens (including phenoxy) is 2. The summed E-state index contributed by atoms with van der Waals surface area (Å²) in [7, 11) is 7.80. The molecule has 160 valence electrons. The molecule has 0 amide bonds. The summed E-state index contributed by atoms with van der Waals surface area (Å²) in [6.45, 7) is 2.26. The van der Waals surface area contributed by atoms with Crippen LogP contribution in [0.5, 0.6) is 11.5 Å². The maximum Gasteiger partial charge on any atom is 0.120 e. The smallest absolute Gasteiger partial charge is 0.120 e. The Hall–Kier alpha value is -2.70. The van der Waals surface area contributed by atoms with E-state index in [4.69, 9.17) is 9.47 Å². The van der Waals surface area contributed by atoms with Gasteiger partial charge in [0.2, 0.25) is 0 Å². The van der Waals surface area contributed by atoms with Gasteiger partial charge in [0.25, 0.3) is 0 Å². The first-order chi connectivity index (χ1) is 15.0. The predicted molar refractivity (Wildman–Crippen MR) is 135 cm³/mol. The summed E-state index contributed by atoms with van der Waals surface area (Å²) in [6, 6.07) is 15.0. The van der Waals surface area contributed by atoms with Gasteiger partial charge in [-0.1, -0.05) is 13.3 Å². The molecule has 0 saturated heterocycles. The summed E-state index contributed by atoms with van der Waals surface area (Å²) in [5, 5.41) is 0. The number of nitrogens with zero attached hydrogens (tertiary/aromatic N) is 2. The Labute approximate surface area is 189 Å². The minimum absolute atomic E-state index is 0.894. The Kier molecular flexibility index (Phi) is 5.07. The van der Waals surface area contributed by atoms with Gasteiger partial charge in [-0.3, -0.25) is 0 Å². The van der Waals surface area contributed by atoms with Gasteiger partial charge in [0, 0.05) is 14.1 Å². The van der Waals surface area contributed by atoms with Crippen molar-refractivity contribution in [2.45, 2.75) is 19.8 Å². The van der Waals surface area contributed by atoms with Gasteiger partial charge in [-0.15, -0.1) is 22.7 Å². The first-order valence-electron chi connectivity index (χ1n) is 10.4. The second-order valence-electron chi connectivity index (χ2n) is 7.79. The van der Waals surface area contributed by atoms with E-state index in [0.717, 1.165) is 24.3 Å². The normalized spacial score (nSPS) is 11.6.